The Balaban J connectivity index is 2.44. The number of carbonyl (C=O) groups excluding carboxylic acids is 2. The van der Waals surface area contributed by atoms with Gasteiger partial charge in [-0.1, -0.05) is 0 Å². The van der Waals surface area contributed by atoms with Crippen molar-refractivity contribution in [2.24, 2.45) is 0 Å². The first-order valence-electron chi connectivity index (χ1n) is 6.71. The lowest BCUT2D eigenvalue weighted by Gasteiger charge is -2.20. The van der Waals surface area contributed by atoms with E-state index in [1.54, 1.807) is 20.8 Å². The molecule has 0 aromatic carbocycles. The Bertz CT molecular complexity index is 517. The predicted octanol–water partition coefficient (Wildman–Crippen LogP) is 2.70. The molecular formula is C14H23N3O4. The molecule has 0 saturated heterocycles. The molecule has 1 heterocycles. The van der Waals surface area contributed by atoms with E-state index in [-0.39, 0.29) is 6.04 Å². The smallest absolute Gasteiger partial charge is 0.426 e. The van der Waals surface area contributed by atoms with Gasteiger partial charge in [0.2, 0.25) is 0 Å². The lowest BCUT2D eigenvalue weighted by Crippen LogP contribution is -2.48. The summed E-state index contributed by atoms with van der Waals surface area (Å²) in [4.78, 5) is 23.1. The fourth-order valence-corrected chi connectivity index (χ4v) is 1.80. The number of amides is 3. The van der Waals surface area contributed by atoms with Gasteiger partial charge in [0.25, 0.3) is 0 Å². The summed E-state index contributed by atoms with van der Waals surface area (Å²) in [7, 11) is 0. The summed E-state index contributed by atoms with van der Waals surface area (Å²) in [6.45, 7) is 10.7. The van der Waals surface area contributed by atoms with Crippen LogP contribution in [0.3, 0.4) is 0 Å². The third-order valence-electron chi connectivity index (χ3n) is 2.57. The van der Waals surface area contributed by atoms with Crippen LogP contribution in [0.25, 0.3) is 0 Å². The first-order chi connectivity index (χ1) is 9.58. The topological polar surface area (TPSA) is 92.6 Å². The van der Waals surface area contributed by atoms with Crippen LogP contribution in [0.1, 0.15) is 50.8 Å². The molecule has 0 aliphatic rings. The summed E-state index contributed by atoms with van der Waals surface area (Å²) in [5, 5.41) is 2.69. The molecule has 21 heavy (non-hydrogen) atoms. The van der Waals surface area contributed by atoms with Crippen molar-refractivity contribution in [1.29, 1.82) is 0 Å². The van der Waals surface area contributed by atoms with Crippen LogP contribution in [-0.4, -0.2) is 17.7 Å². The van der Waals surface area contributed by atoms with Crippen molar-refractivity contribution in [3.8, 4) is 0 Å². The highest BCUT2D eigenvalue weighted by Crippen LogP contribution is 2.20. The molecule has 0 aliphatic carbocycles. The highest BCUT2D eigenvalue weighted by molar-refractivity contribution is 5.78. The van der Waals surface area contributed by atoms with E-state index in [1.807, 2.05) is 26.8 Å². The maximum Gasteiger partial charge on any atom is 0.426 e. The predicted molar refractivity (Wildman–Crippen MR) is 77.6 cm³/mol. The second-order valence-corrected chi connectivity index (χ2v) is 5.82. The molecule has 0 aliphatic heterocycles. The third-order valence-corrected chi connectivity index (χ3v) is 2.57. The molecule has 1 atom stereocenters. The molecule has 0 spiro atoms. The number of carbonyl (C=O) groups is 2. The standard InChI is InChI=1S/C14H23N3O4/c1-8-7-11(10(3)20-8)9(2)15-12(18)16-17-13(19)21-14(4,5)6/h7,9H,1-6H3,(H,17,19)(H2,15,16,18). The molecule has 0 bridgehead atoms. The van der Waals surface area contributed by atoms with Crippen molar-refractivity contribution in [1.82, 2.24) is 16.2 Å². The van der Waals surface area contributed by atoms with Crippen molar-refractivity contribution in [3.05, 3.63) is 23.2 Å². The summed E-state index contributed by atoms with van der Waals surface area (Å²) in [5.74, 6) is 1.53. The van der Waals surface area contributed by atoms with Crippen LogP contribution in [0.4, 0.5) is 9.59 Å². The fourth-order valence-electron chi connectivity index (χ4n) is 1.80. The van der Waals surface area contributed by atoms with Crippen LogP contribution in [-0.2, 0) is 4.74 Å². The summed E-state index contributed by atoms with van der Waals surface area (Å²) < 4.78 is 10.4. The molecule has 0 saturated carbocycles. The number of hydrogen-bond acceptors (Lipinski definition) is 4. The molecule has 0 fully saturated rings. The summed E-state index contributed by atoms with van der Waals surface area (Å²) in [6, 6.07) is 1.08. The van der Waals surface area contributed by atoms with Crippen molar-refractivity contribution in [2.75, 3.05) is 0 Å². The van der Waals surface area contributed by atoms with Crippen LogP contribution >= 0.6 is 0 Å². The van der Waals surface area contributed by atoms with E-state index in [2.05, 4.69) is 16.2 Å². The van der Waals surface area contributed by atoms with Crippen molar-refractivity contribution in [2.45, 2.75) is 53.2 Å². The van der Waals surface area contributed by atoms with Crippen molar-refractivity contribution >= 4 is 12.1 Å². The number of furan rings is 1. The fraction of sp³-hybridized carbons (Fsp3) is 0.571. The largest absolute Gasteiger partial charge is 0.466 e. The Morgan fingerprint density at radius 3 is 2.33 bits per heavy atom. The van der Waals surface area contributed by atoms with E-state index in [0.29, 0.717) is 0 Å². The Morgan fingerprint density at radius 2 is 1.86 bits per heavy atom. The molecule has 7 nitrogen and oxygen atoms in total. The maximum absolute atomic E-state index is 11.7. The number of hydrazine groups is 1. The second-order valence-electron chi connectivity index (χ2n) is 5.82. The van der Waals surface area contributed by atoms with Crippen LogP contribution in [0.2, 0.25) is 0 Å². The van der Waals surface area contributed by atoms with Gasteiger partial charge in [0.05, 0.1) is 6.04 Å². The van der Waals surface area contributed by atoms with Gasteiger partial charge in [0.1, 0.15) is 17.1 Å². The monoisotopic (exact) mass is 297 g/mol. The summed E-state index contributed by atoms with van der Waals surface area (Å²) in [6.07, 6.45) is -0.722. The van der Waals surface area contributed by atoms with Gasteiger partial charge in [-0.15, -0.1) is 0 Å². The minimum absolute atomic E-state index is 0.247. The van der Waals surface area contributed by atoms with E-state index in [1.165, 1.54) is 0 Å². The Labute approximate surface area is 124 Å². The number of nitrogens with one attached hydrogen (secondary N) is 3. The molecule has 0 radical (unpaired) electrons. The molecule has 1 aromatic rings. The zero-order valence-corrected chi connectivity index (χ0v) is 13.3. The Hall–Kier alpha value is -2.18. The molecule has 1 aromatic heterocycles. The Kier molecular flexibility index (Phi) is 5.23. The second kappa shape index (κ2) is 6.51. The van der Waals surface area contributed by atoms with Crippen LogP contribution in [0, 0.1) is 13.8 Å². The quantitative estimate of drug-likeness (QED) is 0.732. The molecule has 1 rings (SSSR count). The van der Waals surface area contributed by atoms with Gasteiger partial charge in [0.15, 0.2) is 0 Å². The van der Waals surface area contributed by atoms with Gasteiger partial charge < -0.3 is 14.5 Å². The molecule has 7 heteroatoms. The molecule has 118 valence electrons. The number of urea groups is 1. The van der Waals surface area contributed by atoms with Gasteiger partial charge in [-0.25, -0.2) is 20.4 Å². The number of rotatable bonds is 2. The lowest BCUT2D eigenvalue weighted by molar-refractivity contribution is 0.0504. The lowest BCUT2D eigenvalue weighted by atomic mass is 10.1. The van der Waals surface area contributed by atoms with Crippen molar-refractivity contribution < 1.29 is 18.7 Å². The van der Waals surface area contributed by atoms with E-state index >= 15 is 0 Å². The minimum atomic E-state index is -0.722. The van der Waals surface area contributed by atoms with Crippen LogP contribution in [0.15, 0.2) is 10.5 Å². The average molecular weight is 297 g/mol. The van der Waals surface area contributed by atoms with Crippen LogP contribution in [0.5, 0.6) is 0 Å². The van der Waals surface area contributed by atoms with Gasteiger partial charge >= 0.3 is 12.1 Å². The SMILES string of the molecule is Cc1cc(C(C)NC(=O)NNC(=O)OC(C)(C)C)c(C)o1. The Morgan fingerprint density at radius 1 is 1.24 bits per heavy atom. The molecule has 3 N–H and O–H groups in total. The van der Waals surface area contributed by atoms with E-state index in [4.69, 9.17) is 9.15 Å². The maximum atomic E-state index is 11.7. The van der Waals surface area contributed by atoms with Crippen molar-refractivity contribution in [3.63, 3.8) is 0 Å². The highest BCUT2D eigenvalue weighted by Gasteiger charge is 2.18. The zero-order chi connectivity index (χ0) is 16.2. The number of hydrogen-bond donors (Lipinski definition) is 3. The summed E-state index contributed by atoms with van der Waals surface area (Å²) >= 11 is 0. The van der Waals surface area contributed by atoms with Gasteiger partial charge in [-0.2, -0.15) is 0 Å². The normalized spacial score (nSPS) is 12.5. The third kappa shape index (κ3) is 5.76. The first-order valence-corrected chi connectivity index (χ1v) is 6.71. The van der Waals surface area contributed by atoms with E-state index < -0.39 is 17.7 Å². The minimum Gasteiger partial charge on any atom is -0.466 e. The van der Waals surface area contributed by atoms with Gasteiger partial charge in [-0.05, 0) is 47.6 Å². The average Bonchev–Trinajstić information content (AvgIpc) is 2.63. The number of ether oxygens (including phenoxy) is 1. The van der Waals surface area contributed by atoms with Crippen LogP contribution < -0.4 is 16.2 Å². The molecular weight excluding hydrogens is 274 g/mol. The molecule has 3 amide bonds. The van der Waals surface area contributed by atoms with E-state index in [9.17, 15) is 9.59 Å². The number of aryl methyl sites for hydroxylation is 2. The van der Waals surface area contributed by atoms with Gasteiger partial charge in [0, 0.05) is 5.56 Å². The molecule has 1 unspecified atom stereocenters. The highest BCUT2D eigenvalue weighted by atomic mass is 16.6. The van der Waals surface area contributed by atoms with E-state index in [0.717, 1.165) is 17.1 Å². The van der Waals surface area contributed by atoms with Gasteiger partial charge in [-0.3, -0.25) is 0 Å². The zero-order valence-electron chi connectivity index (χ0n) is 13.3. The summed E-state index contributed by atoms with van der Waals surface area (Å²) in [5.41, 5.74) is 4.66. The first kappa shape index (κ1) is 16.9.